The van der Waals surface area contributed by atoms with Crippen molar-refractivity contribution >= 4 is 16.7 Å². The zero-order chi connectivity index (χ0) is 20.5. The summed E-state index contributed by atoms with van der Waals surface area (Å²) in [7, 11) is 1.71. The van der Waals surface area contributed by atoms with Crippen molar-refractivity contribution in [3.63, 3.8) is 0 Å². The van der Waals surface area contributed by atoms with E-state index in [1.807, 2.05) is 6.07 Å². The maximum absolute atomic E-state index is 9.63. The number of methoxy groups -OCH3 is 1. The predicted octanol–water partition coefficient (Wildman–Crippen LogP) is 3.53. The summed E-state index contributed by atoms with van der Waals surface area (Å²) in [6.45, 7) is 4.24. The number of aliphatic hydroxyl groups is 1. The van der Waals surface area contributed by atoms with Gasteiger partial charge in [-0.3, -0.25) is 0 Å². The molecule has 0 spiro atoms. The van der Waals surface area contributed by atoms with Gasteiger partial charge >= 0.3 is 0 Å². The molecule has 1 saturated heterocycles. The molecule has 6 nitrogen and oxygen atoms in total. The van der Waals surface area contributed by atoms with E-state index in [9.17, 15) is 5.11 Å². The summed E-state index contributed by atoms with van der Waals surface area (Å²) in [5, 5.41) is 14.4. The van der Waals surface area contributed by atoms with E-state index in [-0.39, 0.29) is 6.10 Å². The lowest BCUT2D eigenvalue weighted by molar-refractivity contribution is 0.0835. The number of hydrogen-bond acceptors (Lipinski definition) is 6. The molecule has 2 fully saturated rings. The quantitative estimate of drug-likeness (QED) is 0.648. The van der Waals surface area contributed by atoms with E-state index in [0.717, 1.165) is 67.9 Å². The highest BCUT2D eigenvalue weighted by atomic mass is 16.5. The summed E-state index contributed by atoms with van der Waals surface area (Å²) in [6, 6.07) is 4.48. The van der Waals surface area contributed by atoms with Crippen molar-refractivity contribution in [3.05, 3.63) is 23.3 Å². The lowest BCUT2D eigenvalue weighted by Crippen LogP contribution is -2.39. The molecule has 3 aliphatic rings. The van der Waals surface area contributed by atoms with Gasteiger partial charge in [-0.2, -0.15) is 0 Å². The first-order valence-electron chi connectivity index (χ1n) is 11.5. The number of aryl methyl sites for hydroxylation is 1. The van der Waals surface area contributed by atoms with Gasteiger partial charge in [0.15, 0.2) is 11.5 Å². The van der Waals surface area contributed by atoms with Crippen LogP contribution in [0.25, 0.3) is 10.9 Å². The molecule has 2 aromatic rings. The van der Waals surface area contributed by atoms with Crippen molar-refractivity contribution in [1.29, 1.82) is 0 Å². The molecule has 0 amide bonds. The number of aromatic nitrogens is 1. The molecule has 0 bridgehead atoms. The third-order valence-corrected chi connectivity index (χ3v) is 6.87. The van der Waals surface area contributed by atoms with E-state index in [2.05, 4.69) is 16.3 Å². The van der Waals surface area contributed by atoms with Gasteiger partial charge in [-0.25, -0.2) is 4.98 Å². The van der Waals surface area contributed by atoms with E-state index in [0.29, 0.717) is 12.6 Å². The van der Waals surface area contributed by atoms with Crippen LogP contribution >= 0.6 is 0 Å². The second-order valence-corrected chi connectivity index (χ2v) is 9.01. The Balaban J connectivity index is 1.37. The molecule has 2 aliphatic carbocycles. The molecule has 6 heteroatoms. The van der Waals surface area contributed by atoms with Gasteiger partial charge in [0.1, 0.15) is 5.82 Å². The van der Waals surface area contributed by atoms with Gasteiger partial charge in [-0.1, -0.05) is 0 Å². The summed E-state index contributed by atoms with van der Waals surface area (Å²) in [5.41, 5.74) is 3.69. The number of ether oxygens (including phenoxy) is 2. The highest BCUT2D eigenvalue weighted by Gasteiger charge is 2.29. The average Bonchev–Trinajstić information content (AvgIpc) is 3.41. The monoisotopic (exact) mass is 411 g/mol. The van der Waals surface area contributed by atoms with E-state index >= 15 is 0 Å². The van der Waals surface area contributed by atoms with Gasteiger partial charge in [0, 0.05) is 24.0 Å². The SMILES string of the molecule is COc1cc2c3c(c(N[C@H]4C[C@H](O)C4)nc2cc1OCCCN1CCCC1)CCC3. The Morgan fingerprint density at radius 2 is 1.90 bits per heavy atom. The molecule has 5 rings (SSSR count). The van der Waals surface area contributed by atoms with Gasteiger partial charge in [0.25, 0.3) is 0 Å². The predicted molar refractivity (Wildman–Crippen MR) is 119 cm³/mol. The largest absolute Gasteiger partial charge is 0.493 e. The van der Waals surface area contributed by atoms with Gasteiger partial charge in [-0.15, -0.1) is 0 Å². The minimum absolute atomic E-state index is 0.166. The van der Waals surface area contributed by atoms with Crippen molar-refractivity contribution in [3.8, 4) is 11.5 Å². The summed E-state index contributed by atoms with van der Waals surface area (Å²) in [4.78, 5) is 7.50. The number of likely N-dealkylation sites (tertiary alicyclic amines) is 1. The van der Waals surface area contributed by atoms with E-state index in [1.165, 1.54) is 42.4 Å². The van der Waals surface area contributed by atoms with Crippen LogP contribution in [0.3, 0.4) is 0 Å². The molecule has 162 valence electrons. The van der Waals surface area contributed by atoms with Crippen molar-refractivity contribution < 1.29 is 14.6 Å². The Bertz CT molecular complexity index is 904. The van der Waals surface area contributed by atoms with Crippen LogP contribution < -0.4 is 14.8 Å². The van der Waals surface area contributed by atoms with Crippen molar-refractivity contribution in [2.45, 2.75) is 63.5 Å². The number of hydrogen-bond donors (Lipinski definition) is 2. The second kappa shape index (κ2) is 8.60. The summed E-state index contributed by atoms with van der Waals surface area (Å²) >= 11 is 0. The maximum atomic E-state index is 9.63. The van der Waals surface area contributed by atoms with Gasteiger partial charge in [-0.05, 0) is 81.6 Å². The highest BCUT2D eigenvalue weighted by Crippen LogP contribution is 2.40. The average molecular weight is 412 g/mol. The van der Waals surface area contributed by atoms with E-state index < -0.39 is 0 Å². The molecular weight excluding hydrogens is 378 g/mol. The van der Waals surface area contributed by atoms with Crippen molar-refractivity contribution in [2.75, 3.05) is 38.7 Å². The first kappa shape index (κ1) is 19.9. The van der Waals surface area contributed by atoms with Crippen LogP contribution in [0.1, 0.15) is 49.7 Å². The third kappa shape index (κ3) is 3.95. The van der Waals surface area contributed by atoms with Crippen LogP contribution in [0.5, 0.6) is 11.5 Å². The topological polar surface area (TPSA) is 66.8 Å². The Morgan fingerprint density at radius 3 is 2.67 bits per heavy atom. The molecule has 1 saturated carbocycles. The highest BCUT2D eigenvalue weighted by molar-refractivity contribution is 5.89. The molecule has 1 aliphatic heterocycles. The number of nitrogens with one attached hydrogen (secondary N) is 1. The Kier molecular flexibility index (Phi) is 5.70. The van der Waals surface area contributed by atoms with Gasteiger partial charge in [0.05, 0.1) is 25.3 Å². The fourth-order valence-electron chi connectivity index (χ4n) is 5.14. The normalized spacial score (nSPS) is 23.4. The molecule has 0 radical (unpaired) electrons. The smallest absolute Gasteiger partial charge is 0.163 e. The molecule has 1 aromatic carbocycles. The zero-order valence-corrected chi connectivity index (χ0v) is 18.0. The third-order valence-electron chi connectivity index (χ3n) is 6.87. The van der Waals surface area contributed by atoms with Gasteiger partial charge in [0.2, 0.25) is 0 Å². The molecular formula is C24H33N3O3. The van der Waals surface area contributed by atoms with Crippen molar-refractivity contribution in [1.82, 2.24) is 9.88 Å². The maximum Gasteiger partial charge on any atom is 0.163 e. The Morgan fingerprint density at radius 1 is 1.10 bits per heavy atom. The second-order valence-electron chi connectivity index (χ2n) is 9.01. The number of benzene rings is 1. The molecule has 0 atom stereocenters. The molecule has 2 heterocycles. The summed E-state index contributed by atoms with van der Waals surface area (Å²) < 4.78 is 11.8. The number of nitrogens with zero attached hydrogens (tertiary/aromatic N) is 2. The first-order valence-corrected chi connectivity index (χ1v) is 11.5. The van der Waals surface area contributed by atoms with Crippen LogP contribution in [0.15, 0.2) is 12.1 Å². The number of pyridine rings is 1. The van der Waals surface area contributed by atoms with Crippen LogP contribution in [0.2, 0.25) is 0 Å². The van der Waals surface area contributed by atoms with Crippen LogP contribution in [-0.4, -0.2) is 60.5 Å². The lowest BCUT2D eigenvalue weighted by Gasteiger charge is -2.33. The van der Waals surface area contributed by atoms with E-state index in [1.54, 1.807) is 7.11 Å². The standard InChI is InChI=1S/C24H33N3O3/c1-29-22-14-20-18-6-4-7-19(18)24(25-16-12-17(28)13-16)26-21(20)15-23(22)30-11-5-10-27-8-2-3-9-27/h14-17,28H,2-13H2,1H3,(H,25,26)/t16-,17-. The Labute approximate surface area is 178 Å². The number of aliphatic hydroxyl groups excluding tert-OH is 1. The zero-order valence-electron chi connectivity index (χ0n) is 18.0. The Hall–Kier alpha value is -2.05. The van der Waals surface area contributed by atoms with Crippen LogP contribution in [0, 0.1) is 0 Å². The fraction of sp³-hybridized carbons (Fsp3) is 0.625. The minimum atomic E-state index is -0.166. The molecule has 1 aromatic heterocycles. The van der Waals surface area contributed by atoms with Crippen LogP contribution in [0.4, 0.5) is 5.82 Å². The van der Waals surface area contributed by atoms with E-state index in [4.69, 9.17) is 14.5 Å². The molecule has 30 heavy (non-hydrogen) atoms. The number of anilines is 1. The minimum Gasteiger partial charge on any atom is -0.493 e. The first-order chi connectivity index (χ1) is 14.7. The van der Waals surface area contributed by atoms with Crippen molar-refractivity contribution in [2.24, 2.45) is 0 Å². The number of rotatable bonds is 8. The van der Waals surface area contributed by atoms with Crippen LogP contribution in [-0.2, 0) is 12.8 Å². The molecule has 2 N–H and O–H groups in total. The van der Waals surface area contributed by atoms with Gasteiger partial charge < -0.3 is 24.8 Å². The lowest BCUT2D eigenvalue weighted by atomic mass is 9.89. The summed E-state index contributed by atoms with van der Waals surface area (Å²) in [6.07, 6.45) is 8.43. The summed E-state index contributed by atoms with van der Waals surface area (Å²) in [5.74, 6) is 2.57. The number of fused-ring (bicyclic) bond motifs is 3. The molecule has 0 unspecified atom stereocenters. The fourth-order valence-corrected chi connectivity index (χ4v) is 5.14.